The number of aliphatic hydroxyl groups is 1. The number of phenolic OH excluding ortho intramolecular Hbond substituents is 1. The summed E-state index contributed by atoms with van der Waals surface area (Å²) in [5.74, 6) is -2.88. The van der Waals surface area contributed by atoms with Gasteiger partial charge in [0.05, 0.1) is 11.6 Å². The lowest BCUT2D eigenvalue weighted by atomic mass is 9.76. The first-order valence-corrected chi connectivity index (χ1v) is 11.1. The fourth-order valence-electron chi connectivity index (χ4n) is 5.60. The molecule has 0 spiro atoms. The maximum absolute atomic E-state index is 14.5. The van der Waals surface area contributed by atoms with Gasteiger partial charge in [-0.25, -0.2) is 4.39 Å². The van der Waals surface area contributed by atoms with Gasteiger partial charge in [-0.3, -0.25) is 9.59 Å². The van der Waals surface area contributed by atoms with Gasteiger partial charge in [-0.2, -0.15) is 0 Å². The quantitative estimate of drug-likeness (QED) is 0.522. The zero-order valence-electron chi connectivity index (χ0n) is 18.2. The fourth-order valence-corrected chi connectivity index (χ4v) is 5.60. The van der Waals surface area contributed by atoms with Crippen LogP contribution in [-0.4, -0.2) is 39.4 Å². The summed E-state index contributed by atoms with van der Waals surface area (Å²) < 4.78 is 14.5. The molecule has 0 radical (unpaired) electrons. The van der Waals surface area contributed by atoms with Crippen molar-refractivity contribution in [1.82, 2.24) is 10.2 Å². The number of carbonyl (C=O) groups is 2. The molecule has 1 amide bonds. The minimum atomic E-state index is -2.02. The predicted molar refractivity (Wildman–Crippen MR) is 122 cm³/mol. The van der Waals surface area contributed by atoms with Crippen LogP contribution in [0.2, 0.25) is 0 Å². The SMILES string of the molecule is C[C@@H]1CN2C(=O)c3ccccc3[C@]2(O)[C@@H](c2cc(F)ccc2O)C2=C(N1)c1ccccc1C2=O. The summed E-state index contributed by atoms with van der Waals surface area (Å²) in [7, 11) is 0. The molecule has 7 heteroatoms. The molecule has 0 fully saturated rings. The van der Waals surface area contributed by atoms with Crippen LogP contribution < -0.4 is 5.32 Å². The molecule has 3 aromatic rings. The molecule has 3 aliphatic rings. The maximum atomic E-state index is 14.5. The topological polar surface area (TPSA) is 89.9 Å². The Morgan fingerprint density at radius 3 is 2.44 bits per heavy atom. The van der Waals surface area contributed by atoms with Gasteiger partial charge >= 0.3 is 0 Å². The fraction of sp³-hybridized carbons (Fsp3) is 0.185. The number of aromatic hydroxyl groups is 1. The lowest BCUT2D eigenvalue weighted by Gasteiger charge is -2.44. The highest BCUT2D eigenvalue weighted by molar-refractivity contribution is 6.21. The zero-order valence-corrected chi connectivity index (χ0v) is 18.2. The number of Topliss-reactive ketones (excluding diaryl/α,β-unsaturated/α-hetero) is 1. The first-order valence-electron chi connectivity index (χ1n) is 11.1. The number of carbonyl (C=O) groups excluding carboxylic acids is 2. The molecule has 0 bridgehead atoms. The predicted octanol–water partition coefficient (Wildman–Crippen LogP) is 3.52. The Morgan fingerprint density at radius 1 is 1.00 bits per heavy atom. The summed E-state index contributed by atoms with van der Waals surface area (Å²) in [6.45, 7) is 2.00. The van der Waals surface area contributed by atoms with Gasteiger partial charge in [-0.05, 0) is 31.2 Å². The van der Waals surface area contributed by atoms with Gasteiger partial charge in [0, 0.05) is 46.0 Å². The third-order valence-electron chi connectivity index (χ3n) is 7.00. The summed E-state index contributed by atoms with van der Waals surface area (Å²) in [5, 5.41) is 26.7. The number of fused-ring (bicyclic) bond motifs is 5. The second-order valence-corrected chi connectivity index (χ2v) is 9.03. The van der Waals surface area contributed by atoms with E-state index < -0.39 is 17.5 Å². The Bertz CT molecular complexity index is 1430. The summed E-state index contributed by atoms with van der Waals surface area (Å²) >= 11 is 0. The summed E-state index contributed by atoms with van der Waals surface area (Å²) in [5.41, 5.74) is 0.462. The molecule has 0 saturated heterocycles. The van der Waals surface area contributed by atoms with Crippen molar-refractivity contribution in [2.24, 2.45) is 0 Å². The van der Waals surface area contributed by atoms with Crippen LogP contribution in [0.1, 0.15) is 50.2 Å². The first kappa shape index (κ1) is 20.6. The molecule has 170 valence electrons. The number of hydrogen-bond acceptors (Lipinski definition) is 5. The number of hydrogen-bond donors (Lipinski definition) is 3. The second-order valence-electron chi connectivity index (χ2n) is 9.03. The Hall–Kier alpha value is -3.97. The highest BCUT2D eigenvalue weighted by Gasteiger charge is 2.58. The number of amides is 1. The molecule has 2 heterocycles. The minimum absolute atomic E-state index is 0.0296. The summed E-state index contributed by atoms with van der Waals surface area (Å²) in [6.07, 6.45) is 0. The average Bonchev–Trinajstić information content (AvgIpc) is 3.20. The molecule has 34 heavy (non-hydrogen) atoms. The van der Waals surface area contributed by atoms with Gasteiger partial charge in [0.15, 0.2) is 11.5 Å². The van der Waals surface area contributed by atoms with E-state index in [2.05, 4.69) is 5.32 Å². The van der Waals surface area contributed by atoms with Crippen molar-refractivity contribution in [1.29, 1.82) is 0 Å². The van der Waals surface area contributed by atoms with Gasteiger partial charge in [0.2, 0.25) is 0 Å². The highest BCUT2D eigenvalue weighted by atomic mass is 19.1. The molecule has 1 aliphatic carbocycles. The molecular weight excluding hydrogens is 435 g/mol. The molecular formula is C27H21FN2O4. The third-order valence-corrected chi connectivity index (χ3v) is 7.00. The molecule has 0 aromatic heterocycles. The van der Waals surface area contributed by atoms with Crippen LogP contribution in [0.3, 0.4) is 0 Å². The number of benzene rings is 3. The number of phenols is 1. The molecule has 3 N–H and O–H groups in total. The number of nitrogens with zero attached hydrogens (tertiary/aromatic N) is 1. The molecule has 0 unspecified atom stereocenters. The normalized spacial score (nSPS) is 25.2. The highest BCUT2D eigenvalue weighted by Crippen LogP contribution is 2.55. The van der Waals surface area contributed by atoms with Crippen molar-refractivity contribution in [3.05, 3.63) is 106 Å². The summed E-state index contributed by atoms with van der Waals surface area (Å²) in [6, 6.07) is 16.9. The monoisotopic (exact) mass is 456 g/mol. The van der Waals surface area contributed by atoms with Crippen LogP contribution in [0.5, 0.6) is 5.75 Å². The van der Waals surface area contributed by atoms with Crippen LogP contribution in [0.25, 0.3) is 5.70 Å². The van der Waals surface area contributed by atoms with Crippen LogP contribution in [0.15, 0.2) is 72.3 Å². The Morgan fingerprint density at radius 2 is 1.68 bits per heavy atom. The third kappa shape index (κ3) is 2.58. The molecule has 3 aromatic carbocycles. The summed E-state index contributed by atoms with van der Waals surface area (Å²) in [4.78, 5) is 28.6. The van der Waals surface area contributed by atoms with E-state index in [0.29, 0.717) is 28.0 Å². The molecule has 6 nitrogen and oxygen atoms in total. The van der Waals surface area contributed by atoms with E-state index in [1.165, 1.54) is 11.0 Å². The lowest BCUT2D eigenvalue weighted by molar-refractivity contribution is -0.100. The van der Waals surface area contributed by atoms with Gasteiger partial charge in [-0.15, -0.1) is 0 Å². The van der Waals surface area contributed by atoms with E-state index in [1.807, 2.05) is 19.1 Å². The van der Waals surface area contributed by atoms with E-state index in [4.69, 9.17) is 0 Å². The van der Waals surface area contributed by atoms with Crippen LogP contribution >= 0.6 is 0 Å². The molecule has 2 aliphatic heterocycles. The van der Waals surface area contributed by atoms with Crippen molar-refractivity contribution in [3.63, 3.8) is 0 Å². The molecule has 6 rings (SSSR count). The maximum Gasteiger partial charge on any atom is 0.256 e. The van der Waals surface area contributed by atoms with Gasteiger partial charge in [0.1, 0.15) is 11.6 Å². The lowest BCUT2D eigenvalue weighted by Crippen LogP contribution is -2.54. The van der Waals surface area contributed by atoms with Gasteiger partial charge in [0.25, 0.3) is 5.91 Å². The number of ketones is 1. The standard InChI is InChI=1S/C27H21FN2O4/c1-14-13-30-26(33)18-8-4-5-9-20(18)27(30,34)23(19-12-15(28)10-11-21(19)31)22-24(29-14)16-6-2-3-7-17(16)25(22)32/h2-12,14,23,29,31,34H,13H2,1H3/t14-,23+,27+/m1/s1. The Kier molecular flexibility index (Phi) is 4.25. The zero-order chi connectivity index (χ0) is 23.8. The van der Waals surface area contributed by atoms with Crippen LogP contribution in [0, 0.1) is 5.82 Å². The van der Waals surface area contributed by atoms with Crippen molar-refractivity contribution in [2.75, 3.05) is 6.54 Å². The number of rotatable bonds is 1. The Balaban J connectivity index is 1.73. The van der Waals surface area contributed by atoms with Crippen LogP contribution in [0.4, 0.5) is 4.39 Å². The smallest absolute Gasteiger partial charge is 0.256 e. The molecule has 3 atom stereocenters. The minimum Gasteiger partial charge on any atom is -0.508 e. The van der Waals surface area contributed by atoms with Gasteiger partial charge in [-0.1, -0.05) is 42.5 Å². The Labute approximate surface area is 195 Å². The number of halogens is 1. The van der Waals surface area contributed by atoms with Gasteiger partial charge < -0.3 is 20.4 Å². The van der Waals surface area contributed by atoms with E-state index >= 15 is 0 Å². The number of nitrogens with one attached hydrogen (secondary N) is 1. The first-order chi connectivity index (χ1) is 16.3. The second kappa shape index (κ2) is 7.01. The molecule has 0 saturated carbocycles. The van der Waals surface area contributed by atoms with E-state index in [-0.39, 0.29) is 41.2 Å². The average molecular weight is 456 g/mol. The van der Waals surface area contributed by atoms with Crippen molar-refractivity contribution < 1.29 is 24.2 Å². The van der Waals surface area contributed by atoms with E-state index in [1.54, 1.807) is 36.4 Å². The van der Waals surface area contributed by atoms with E-state index in [0.717, 1.165) is 12.1 Å². The van der Waals surface area contributed by atoms with Crippen molar-refractivity contribution >= 4 is 17.4 Å². The largest absolute Gasteiger partial charge is 0.508 e. The van der Waals surface area contributed by atoms with E-state index in [9.17, 15) is 24.2 Å². The van der Waals surface area contributed by atoms with Crippen LogP contribution in [-0.2, 0) is 5.72 Å². The van der Waals surface area contributed by atoms with Crippen molar-refractivity contribution in [3.8, 4) is 5.75 Å². The van der Waals surface area contributed by atoms with Crippen molar-refractivity contribution in [2.45, 2.75) is 24.6 Å².